The van der Waals surface area contributed by atoms with E-state index in [1.807, 2.05) is 0 Å². The summed E-state index contributed by atoms with van der Waals surface area (Å²) in [6.45, 7) is -0.146. The summed E-state index contributed by atoms with van der Waals surface area (Å²) in [6, 6.07) is 0. The summed E-state index contributed by atoms with van der Waals surface area (Å²) in [6.07, 6.45) is -2.10. The normalized spacial score (nSPS) is 9.70. The van der Waals surface area contributed by atoms with Crippen LogP contribution in [0.5, 0.6) is 0 Å². The van der Waals surface area contributed by atoms with Crippen LogP contribution in [0.25, 0.3) is 0 Å². The first-order valence-electron chi connectivity index (χ1n) is 2.73. The number of hydrogen-bond donors (Lipinski definition) is 2. The van der Waals surface area contributed by atoms with Crippen LogP contribution >= 0.6 is 0 Å². The van der Waals surface area contributed by atoms with E-state index >= 15 is 0 Å². The Morgan fingerprint density at radius 3 is 2.50 bits per heavy atom. The summed E-state index contributed by atoms with van der Waals surface area (Å²) in [5, 5.41) is 16.7. The molecule has 0 atom stereocenters. The van der Waals surface area contributed by atoms with Crippen molar-refractivity contribution in [2.45, 2.75) is 6.29 Å². The molecule has 0 aromatic carbocycles. The second-order valence-corrected chi connectivity index (χ2v) is 1.83. The third-order valence-corrected chi connectivity index (χ3v) is 0.923. The van der Waals surface area contributed by atoms with Crippen LogP contribution in [-0.2, 0) is 4.74 Å². The standard InChI is InChI=1S/C5H11NO4/c1-6(3-4(7)8)5(9)10-2/h4,7-8H,3H2,1-2H3. The third-order valence-electron chi connectivity index (χ3n) is 0.923. The first-order valence-corrected chi connectivity index (χ1v) is 2.73. The Balaban J connectivity index is 3.61. The van der Waals surface area contributed by atoms with Gasteiger partial charge in [-0.25, -0.2) is 4.79 Å². The number of nitrogens with zero attached hydrogens (tertiary/aromatic N) is 1. The number of likely N-dealkylation sites (N-methyl/N-ethyl adjacent to an activating group) is 1. The highest BCUT2D eigenvalue weighted by molar-refractivity contribution is 5.66. The molecule has 0 aromatic rings. The summed E-state index contributed by atoms with van der Waals surface area (Å²) in [4.78, 5) is 11.6. The summed E-state index contributed by atoms with van der Waals surface area (Å²) in [5.74, 6) is 0. The average Bonchev–Trinajstić information content (AvgIpc) is 1.85. The Morgan fingerprint density at radius 2 is 2.20 bits per heavy atom. The maximum absolute atomic E-state index is 10.5. The maximum atomic E-state index is 10.5. The van der Waals surface area contributed by atoms with Crippen LogP contribution in [0.3, 0.4) is 0 Å². The second-order valence-electron chi connectivity index (χ2n) is 1.83. The van der Waals surface area contributed by atoms with E-state index in [0.717, 1.165) is 4.90 Å². The van der Waals surface area contributed by atoms with Crippen molar-refractivity contribution in [2.24, 2.45) is 0 Å². The van der Waals surface area contributed by atoms with Crippen LogP contribution in [0.2, 0.25) is 0 Å². The average molecular weight is 149 g/mol. The van der Waals surface area contributed by atoms with E-state index in [0.29, 0.717) is 0 Å². The first-order chi connectivity index (χ1) is 4.57. The lowest BCUT2D eigenvalue weighted by molar-refractivity contribution is -0.0549. The van der Waals surface area contributed by atoms with Crippen molar-refractivity contribution in [1.29, 1.82) is 0 Å². The highest BCUT2D eigenvalue weighted by Crippen LogP contribution is 1.88. The van der Waals surface area contributed by atoms with Gasteiger partial charge in [-0.2, -0.15) is 0 Å². The van der Waals surface area contributed by atoms with Crippen molar-refractivity contribution in [1.82, 2.24) is 4.90 Å². The second kappa shape index (κ2) is 4.08. The van der Waals surface area contributed by atoms with Gasteiger partial charge in [0, 0.05) is 7.05 Å². The minimum Gasteiger partial charge on any atom is -0.453 e. The third kappa shape index (κ3) is 3.26. The fourth-order valence-electron chi connectivity index (χ4n) is 0.475. The van der Waals surface area contributed by atoms with Crippen LogP contribution < -0.4 is 0 Å². The van der Waals surface area contributed by atoms with Crippen molar-refractivity contribution in [2.75, 3.05) is 20.7 Å². The lowest BCUT2D eigenvalue weighted by atomic mass is 10.6. The van der Waals surface area contributed by atoms with Crippen LogP contribution in [0.4, 0.5) is 4.79 Å². The molecule has 0 aliphatic rings. The summed E-state index contributed by atoms with van der Waals surface area (Å²) >= 11 is 0. The molecule has 0 saturated heterocycles. The van der Waals surface area contributed by atoms with Crippen molar-refractivity contribution in [3.8, 4) is 0 Å². The number of methoxy groups -OCH3 is 1. The van der Waals surface area contributed by atoms with Crippen molar-refractivity contribution < 1.29 is 19.7 Å². The predicted molar refractivity (Wildman–Crippen MR) is 33.3 cm³/mol. The molecule has 0 radical (unpaired) electrons. The molecule has 10 heavy (non-hydrogen) atoms. The number of amides is 1. The molecular formula is C5H11NO4. The molecule has 0 spiro atoms. The smallest absolute Gasteiger partial charge is 0.409 e. The van der Waals surface area contributed by atoms with Gasteiger partial charge in [-0.05, 0) is 0 Å². The molecule has 60 valence electrons. The molecule has 0 aromatic heterocycles. The van der Waals surface area contributed by atoms with Gasteiger partial charge in [0.25, 0.3) is 0 Å². The van der Waals surface area contributed by atoms with Crippen molar-refractivity contribution in [3.05, 3.63) is 0 Å². The molecule has 2 N–H and O–H groups in total. The molecule has 0 rings (SSSR count). The Kier molecular flexibility index (Phi) is 3.75. The van der Waals surface area contributed by atoms with E-state index in [1.54, 1.807) is 0 Å². The zero-order chi connectivity index (χ0) is 8.15. The summed E-state index contributed by atoms with van der Waals surface area (Å²) < 4.78 is 4.28. The van der Waals surface area contributed by atoms with Gasteiger partial charge >= 0.3 is 6.09 Å². The summed E-state index contributed by atoms with van der Waals surface area (Å²) in [5.41, 5.74) is 0. The van der Waals surface area contributed by atoms with Crippen LogP contribution in [0.15, 0.2) is 0 Å². The van der Waals surface area contributed by atoms with Gasteiger partial charge in [0.05, 0.1) is 13.7 Å². The van der Waals surface area contributed by atoms with Gasteiger partial charge in [-0.3, -0.25) is 0 Å². The fourth-order valence-corrected chi connectivity index (χ4v) is 0.475. The molecule has 0 aliphatic heterocycles. The molecule has 5 nitrogen and oxygen atoms in total. The van der Waals surface area contributed by atoms with Gasteiger partial charge in [0.15, 0.2) is 6.29 Å². The Morgan fingerprint density at radius 1 is 1.70 bits per heavy atom. The van der Waals surface area contributed by atoms with E-state index in [-0.39, 0.29) is 6.54 Å². The Bertz CT molecular complexity index is 114. The van der Waals surface area contributed by atoms with Crippen LogP contribution in [0, 0.1) is 0 Å². The molecule has 0 saturated carbocycles. The van der Waals surface area contributed by atoms with Gasteiger partial charge in [-0.1, -0.05) is 0 Å². The van der Waals surface area contributed by atoms with Crippen molar-refractivity contribution >= 4 is 6.09 Å². The Hall–Kier alpha value is -0.810. The van der Waals surface area contributed by atoms with E-state index in [1.165, 1.54) is 14.2 Å². The molecule has 5 heteroatoms. The minimum absolute atomic E-state index is 0.146. The lowest BCUT2D eigenvalue weighted by Gasteiger charge is -2.15. The fraction of sp³-hybridized carbons (Fsp3) is 0.800. The number of aliphatic hydroxyl groups is 2. The Labute approximate surface area is 58.8 Å². The van der Waals surface area contributed by atoms with Crippen LogP contribution in [0.1, 0.15) is 0 Å². The zero-order valence-corrected chi connectivity index (χ0v) is 5.94. The number of carbonyl (C=O) groups excluding carboxylic acids is 1. The van der Waals surface area contributed by atoms with Gasteiger partial charge in [-0.15, -0.1) is 0 Å². The first kappa shape index (κ1) is 9.19. The lowest BCUT2D eigenvalue weighted by Crippen LogP contribution is -2.33. The quantitative estimate of drug-likeness (QED) is 0.494. The van der Waals surface area contributed by atoms with E-state index in [9.17, 15) is 4.79 Å². The van der Waals surface area contributed by atoms with Gasteiger partial charge < -0.3 is 19.8 Å². The maximum Gasteiger partial charge on any atom is 0.409 e. The molecule has 0 aliphatic carbocycles. The predicted octanol–water partition coefficient (Wildman–Crippen LogP) is -1.00. The van der Waals surface area contributed by atoms with Crippen molar-refractivity contribution in [3.63, 3.8) is 0 Å². The van der Waals surface area contributed by atoms with E-state index in [2.05, 4.69) is 4.74 Å². The zero-order valence-electron chi connectivity index (χ0n) is 5.94. The highest BCUT2D eigenvalue weighted by atomic mass is 16.5. The molecule has 0 unspecified atom stereocenters. The number of ether oxygens (including phenoxy) is 1. The number of hydrogen-bond acceptors (Lipinski definition) is 4. The SMILES string of the molecule is COC(=O)N(C)CC(O)O. The largest absolute Gasteiger partial charge is 0.453 e. The number of carbonyl (C=O) groups is 1. The number of rotatable bonds is 2. The summed E-state index contributed by atoms with van der Waals surface area (Å²) in [7, 11) is 2.63. The topological polar surface area (TPSA) is 70.0 Å². The highest BCUT2D eigenvalue weighted by Gasteiger charge is 2.10. The monoisotopic (exact) mass is 149 g/mol. The minimum atomic E-state index is -1.51. The van der Waals surface area contributed by atoms with E-state index in [4.69, 9.17) is 10.2 Å². The molecule has 0 bridgehead atoms. The van der Waals surface area contributed by atoms with E-state index < -0.39 is 12.4 Å². The molecule has 0 fully saturated rings. The molecule has 1 amide bonds. The molecule has 0 heterocycles. The number of aliphatic hydroxyl groups excluding tert-OH is 1. The molecular weight excluding hydrogens is 138 g/mol. The van der Waals surface area contributed by atoms with Gasteiger partial charge in [0.1, 0.15) is 0 Å². The van der Waals surface area contributed by atoms with Crippen LogP contribution in [-0.4, -0.2) is 48.2 Å². The van der Waals surface area contributed by atoms with Gasteiger partial charge in [0.2, 0.25) is 0 Å².